The van der Waals surface area contributed by atoms with Crippen LogP contribution in [0.2, 0.25) is 0 Å². The van der Waals surface area contributed by atoms with Gasteiger partial charge in [-0.15, -0.1) is 0 Å². The molecule has 0 saturated heterocycles. The Morgan fingerprint density at radius 2 is 2.25 bits per heavy atom. The number of aromatic nitrogens is 2. The van der Waals surface area contributed by atoms with Crippen LogP contribution in [0.5, 0.6) is 0 Å². The Balaban J connectivity index is 2.26. The molecule has 0 radical (unpaired) electrons. The van der Waals surface area contributed by atoms with E-state index < -0.39 is 0 Å². The summed E-state index contributed by atoms with van der Waals surface area (Å²) in [6.07, 6.45) is 2.80. The fourth-order valence-electron chi connectivity index (χ4n) is 1.37. The zero-order valence-corrected chi connectivity index (χ0v) is 8.90. The molecule has 2 aromatic rings. The van der Waals surface area contributed by atoms with Crippen LogP contribution >= 0.6 is 0 Å². The van der Waals surface area contributed by atoms with Gasteiger partial charge in [-0.1, -0.05) is 12.1 Å². The minimum absolute atomic E-state index is 0.364. The standard InChI is InChI=1S/C11H12FN3O/c1-2-13-5-8-6-15-16-11(8)10-4-3-9(12)7-14-10/h3-4,6-7,13H,2,5H2,1H3. The van der Waals surface area contributed by atoms with Crippen molar-refractivity contribution in [2.45, 2.75) is 13.5 Å². The van der Waals surface area contributed by atoms with Gasteiger partial charge in [0, 0.05) is 12.1 Å². The highest BCUT2D eigenvalue weighted by molar-refractivity contribution is 5.55. The second-order valence-electron chi connectivity index (χ2n) is 3.32. The van der Waals surface area contributed by atoms with E-state index in [1.54, 1.807) is 12.3 Å². The van der Waals surface area contributed by atoms with E-state index in [1.807, 2.05) is 6.92 Å². The zero-order chi connectivity index (χ0) is 11.4. The molecule has 0 amide bonds. The Hall–Kier alpha value is -1.75. The molecule has 0 saturated carbocycles. The molecule has 0 spiro atoms. The first-order valence-corrected chi connectivity index (χ1v) is 5.07. The molecule has 0 fully saturated rings. The van der Waals surface area contributed by atoms with Gasteiger partial charge in [0.05, 0.1) is 12.4 Å². The Labute approximate surface area is 92.5 Å². The molecule has 2 heterocycles. The highest BCUT2D eigenvalue weighted by Crippen LogP contribution is 2.21. The van der Waals surface area contributed by atoms with Crippen LogP contribution in [0.4, 0.5) is 4.39 Å². The summed E-state index contributed by atoms with van der Waals surface area (Å²) in [5.74, 6) is 0.220. The van der Waals surface area contributed by atoms with Gasteiger partial charge >= 0.3 is 0 Å². The number of pyridine rings is 1. The van der Waals surface area contributed by atoms with Gasteiger partial charge in [0.15, 0.2) is 5.76 Å². The lowest BCUT2D eigenvalue weighted by Gasteiger charge is -2.00. The zero-order valence-electron chi connectivity index (χ0n) is 8.90. The fraction of sp³-hybridized carbons (Fsp3) is 0.273. The molecular formula is C11H12FN3O. The van der Waals surface area contributed by atoms with Gasteiger partial charge in [0.2, 0.25) is 0 Å². The van der Waals surface area contributed by atoms with Crippen molar-refractivity contribution in [3.05, 3.63) is 35.9 Å². The molecule has 0 aromatic carbocycles. The molecule has 1 N–H and O–H groups in total. The van der Waals surface area contributed by atoms with Crippen LogP contribution in [-0.4, -0.2) is 16.7 Å². The molecule has 0 aliphatic heterocycles. The minimum atomic E-state index is -0.364. The molecule has 2 rings (SSSR count). The van der Waals surface area contributed by atoms with Crippen molar-refractivity contribution in [2.24, 2.45) is 0 Å². The van der Waals surface area contributed by atoms with E-state index in [0.717, 1.165) is 18.3 Å². The van der Waals surface area contributed by atoms with Gasteiger partial charge in [-0.05, 0) is 18.7 Å². The highest BCUT2D eigenvalue weighted by atomic mass is 19.1. The third-order valence-corrected chi connectivity index (χ3v) is 2.17. The maximum absolute atomic E-state index is 12.7. The van der Waals surface area contributed by atoms with Crippen LogP contribution in [0, 0.1) is 5.82 Å². The summed E-state index contributed by atoms with van der Waals surface area (Å²) in [4.78, 5) is 3.95. The molecule has 0 atom stereocenters. The van der Waals surface area contributed by atoms with Crippen LogP contribution in [0.25, 0.3) is 11.5 Å². The summed E-state index contributed by atoms with van der Waals surface area (Å²) in [6, 6.07) is 2.92. The van der Waals surface area contributed by atoms with Crippen LogP contribution in [0.3, 0.4) is 0 Å². The Bertz CT molecular complexity index is 453. The largest absolute Gasteiger partial charge is 0.354 e. The van der Waals surface area contributed by atoms with Gasteiger partial charge in [-0.2, -0.15) is 0 Å². The molecule has 0 aliphatic carbocycles. The lowest BCUT2D eigenvalue weighted by molar-refractivity contribution is 0.430. The molecule has 5 heteroatoms. The summed E-state index contributed by atoms with van der Waals surface area (Å²) in [5.41, 5.74) is 1.51. The number of nitrogens with zero attached hydrogens (tertiary/aromatic N) is 2. The van der Waals surface area contributed by atoms with Gasteiger partial charge in [0.1, 0.15) is 11.5 Å². The van der Waals surface area contributed by atoms with E-state index in [4.69, 9.17) is 4.52 Å². The number of hydrogen-bond donors (Lipinski definition) is 1. The fourth-order valence-corrected chi connectivity index (χ4v) is 1.37. The number of halogens is 1. The average molecular weight is 221 g/mol. The van der Waals surface area contributed by atoms with Crippen molar-refractivity contribution in [2.75, 3.05) is 6.54 Å². The minimum Gasteiger partial charge on any atom is -0.354 e. The normalized spacial score (nSPS) is 10.6. The summed E-state index contributed by atoms with van der Waals surface area (Å²) in [5, 5.41) is 6.90. The first-order valence-electron chi connectivity index (χ1n) is 5.07. The average Bonchev–Trinajstić information content (AvgIpc) is 2.75. The summed E-state index contributed by atoms with van der Waals surface area (Å²) >= 11 is 0. The van der Waals surface area contributed by atoms with Gasteiger partial charge in [0.25, 0.3) is 0 Å². The molecule has 0 unspecified atom stereocenters. The Kier molecular flexibility index (Phi) is 3.26. The third-order valence-electron chi connectivity index (χ3n) is 2.17. The van der Waals surface area contributed by atoms with Crippen molar-refractivity contribution >= 4 is 0 Å². The SMILES string of the molecule is CCNCc1cnoc1-c1ccc(F)cn1. The number of nitrogens with one attached hydrogen (secondary N) is 1. The second kappa shape index (κ2) is 4.85. The quantitative estimate of drug-likeness (QED) is 0.857. The molecule has 4 nitrogen and oxygen atoms in total. The number of hydrogen-bond acceptors (Lipinski definition) is 4. The Morgan fingerprint density at radius 3 is 2.94 bits per heavy atom. The van der Waals surface area contributed by atoms with Crippen molar-refractivity contribution in [1.82, 2.24) is 15.5 Å². The Morgan fingerprint density at radius 1 is 1.38 bits per heavy atom. The predicted octanol–water partition coefficient (Wildman–Crippen LogP) is 1.99. The molecule has 16 heavy (non-hydrogen) atoms. The first kappa shape index (κ1) is 10.8. The van der Waals surface area contributed by atoms with E-state index in [2.05, 4.69) is 15.5 Å². The smallest absolute Gasteiger partial charge is 0.189 e. The van der Waals surface area contributed by atoms with Gasteiger partial charge in [-0.3, -0.25) is 0 Å². The maximum Gasteiger partial charge on any atom is 0.189 e. The first-order chi connectivity index (χ1) is 7.81. The van der Waals surface area contributed by atoms with Crippen LogP contribution in [0.15, 0.2) is 29.0 Å². The van der Waals surface area contributed by atoms with Crippen molar-refractivity contribution < 1.29 is 8.91 Å². The van der Waals surface area contributed by atoms with E-state index in [0.29, 0.717) is 18.0 Å². The molecule has 0 bridgehead atoms. The van der Waals surface area contributed by atoms with Crippen LogP contribution in [-0.2, 0) is 6.54 Å². The van der Waals surface area contributed by atoms with Gasteiger partial charge < -0.3 is 9.84 Å². The second-order valence-corrected chi connectivity index (χ2v) is 3.32. The molecule has 0 aliphatic rings. The van der Waals surface area contributed by atoms with E-state index in [-0.39, 0.29) is 5.82 Å². The number of rotatable bonds is 4. The maximum atomic E-state index is 12.7. The van der Waals surface area contributed by atoms with Crippen molar-refractivity contribution in [1.29, 1.82) is 0 Å². The highest BCUT2D eigenvalue weighted by Gasteiger charge is 2.11. The summed E-state index contributed by atoms with van der Waals surface area (Å²) < 4.78 is 17.8. The van der Waals surface area contributed by atoms with Crippen LogP contribution in [0.1, 0.15) is 12.5 Å². The van der Waals surface area contributed by atoms with Gasteiger partial charge in [-0.25, -0.2) is 9.37 Å². The van der Waals surface area contributed by atoms with Crippen molar-refractivity contribution in [3.63, 3.8) is 0 Å². The summed E-state index contributed by atoms with van der Waals surface area (Å²) in [6.45, 7) is 3.54. The van der Waals surface area contributed by atoms with E-state index >= 15 is 0 Å². The molecule has 84 valence electrons. The topological polar surface area (TPSA) is 51.0 Å². The monoisotopic (exact) mass is 221 g/mol. The van der Waals surface area contributed by atoms with E-state index in [1.165, 1.54) is 6.07 Å². The third kappa shape index (κ3) is 2.25. The lowest BCUT2D eigenvalue weighted by atomic mass is 10.2. The predicted molar refractivity (Wildman–Crippen MR) is 57.1 cm³/mol. The lowest BCUT2D eigenvalue weighted by Crippen LogP contribution is -2.11. The molecular weight excluding hydrogens is 209 g/mol. The molecule has 2 aromatic heterocycles. The van der Waals surface area contributed by atoms with E-state index in [9.17, 15) is 4.39 Å². The van der Waals surface area contributed by atoms with Crippen LogP contribution < -0.4 is 5.32 Å². The van der Waals surface area contributed by atoms with Crippen molar-refractivity contribution in [3.8, 4) is 11.5 Å². The summed E-state index contributed by atoms with van der Waals surface area (Å²) in [7, 11) is 0.